The highest BCUT2D eigenvalue weighted by atomic mass is 16.2. The Morgan fingerprint density at radius 2 is 1.19 bits per heavy atom. The molecule has 0 fully saturated rings. The summed E-state index contributed by atoms with van der Waals surface area (Å²) in [6.45, 7) is 11.0. The highest BCUT2D eigenvalue weighted by Crippen LogP contribution is 1.67. The van der Waals surface area contributed by atoms with Crippen molar-refractivity contribution >= 4 is 0 Å². The third kappa shape index (κ3) is 23.5. The lowest BCUT2D eigenvalue weighted by Crippen LogP contribution is -2.34. The van der Waals surface area contributed by atoms with Crippen LogP contribution in [0.3, 0.4) is 0 Å². The largest absolute Gasteiger partial charge is 0.397 e. The molecule has 0 atom stereocenters. The lowest BCUT2D eigenvalue weighted by Gasteiger charge is -2.06. The predicted octanol–water partition coefficient (Wildman–Crippen LogP) is -0.877. The Bertz CT molecular complexity index is 94.0. The van der Waals surface area contributed by atoms with Crippen molar-refractivity contribution in [2.24, 2.45) is 5.73 Å². The van der Waals surface area contributed by atoms with Crippen molar-refractivity contribution in [3.63, 3.8) is 0 Å². The van der Waals surface area contributed by atoms with Crippen LogP contribution in [0.5, 0.6) is 0 Å². The van der Waals surface area contributed by atoms with Gasteiger partial charge in [0.15, 0.2) is 0 Å². The van der Waals surface area contributed by atoms with Gasteiger partial charge in [0.25, 0.3) is 0 Å². The third-order valence-electron chi connectivity index (χ3n) is 1.70. The van der Waals surface area contributed by atoms with Crippen LogP contribution < -0.4 is 21.7 Å². The molecular formula is C11H30N4O. The van der Waals surface area contributed by atoms with Gasteiger partial charge in [0.2, 0.25) is 0 Å². The first-order valence-corrected chi connectivity index (χ1v) is 6.26. The van der Waals surface area contributed by atoms with E-state index in [4.69, 9.17) is 10.8 Å². The zero-order valence-corrected chi connectivity index (χ0v) is 10.9. The van der Waals surface area contributed by atoms with Crippen molar-refractivity contribution < 1.29 is 5.11 Å². The molecule has 0 aromatic heterocycles. The number of nitrogens with one attached hydrogen (secondary N) is 3. The number of nitrogens with two attached hydrogens (primary N) is 1. The van der Waals surface area contributed by atoms with Crippen LogP contribution in [0.2, 0.25) is 0 Å². The quantitative estimate of drug-likeness (QED) is 0.317. The van der Waals surface area contributed by atoms with Gasteiger partial charge in [-0.1, -0.05) is 6.92 Å². The fourth-order valence-electron chi connectivity index (χ4n) is 1.01. The lowest BCUT2D eigenvalue weighted by molar-refractivity contribution is 0.318. The summed E-state index contributed by atoms with van der Waals surface area (Å²) >= 11 is 0. The zero-order chi connectivity index (χ0) is 12.5. The Kier molecular flexibility index (Phi) is 23.0. The maximum absolute atomic E-state index is 7.57. The number of aliphatic hydroxyl groups is 1. The highest BCUT2D eigenvalue weighted by Gasteiger charge is 1.87. The van der Waals surface area contributed by atoms with Crippen molar-refractivity contribution in [1.29, 1.82) is 0 Å². The van der Waals surface area contributed by atoms with Crippen LogP contribution in [0.25, 0.3) is 0 Å². The molecule has 0 aliphatic rings. The van der Waals surface area contributed by atoms with E-state index in [0.717, 1.165) is 45.8 Å². The molecule has 0 unspecified atom stereocenters. The van der Waals surface area contributed by atoms with Crippen molar-refractivity contribution in [2.45, 2.75) is 20.3 Å². The molecule has 0 radical (unpaired) electrons. The Balaban J connectivity index is 0. The molecule has 0 spiro atoms. The molecule has 100 valence electrons. The van der Waals surface area contributed by atoms with E-state index in [2.05, 4.69) is 22.9 Å². The summed E-state index contributed by atoms with van der Waals surface area (Å²) in [5.74, 6) is 0. The maximum Gasteiger partial charge on any atom is 0.0402 e. The molecule has 0 aromatic carbocycles. The third-order valence-corrected chi connectivity index (χ3v) is 1.70. The second-order valence-electron chi connectivity index (χ2n) is 3.35. The molecule has 0 amide bonds. The molecule has 6 N–H and O–H groups in total. The van der Waals surface area contributed by atoms with E-state index in [0.29, 0.717) is 0 Å². The van der Waals surface area contributed by atoms with Crippen LogP contribution in [-0.2, 0) is 0 Å². The average Bonchev–Trinajstić information content (AvgIpc) is 2.28. The molecule has 0 rings (SSSR count). The summed E-state index contributed by atoms with van der Waals surface area (Å²) in [5.41, 5.74) is 5.33. The molecule has 0 aliphatic heterocycles. The van der Waals surface area contributed by atoms with E-state index in [1.54, 1.807) is 6.92 Å². The van der Waals surface area contributed by atoms with Crippen molar-refractivity contribution in [3.05, 3.63) is 0 Å². The second kappa shape index (κ2) is 20.2. The fourth-order valence-corrected chi connectivity index (χ4v) is 1.01. The zero-order valence-electron chi connectivity index (χ0n) is 10.9. The summed E-state index contributed by atoms with van der Waals surface area (Å²) in [4.78, 5) is 0. The number of aliphatic hydroxyl groups excluding tert-OH is 1. The topological polar surface area (TPSA) is 82.3 Å². The van der Waals surface area contributed by atoms with E-state index >= 15 is 0 Å². The van der Waals surface area contributed by atoms with Crippen LogP contribution in [0.4, 0.5) is 0 Å². The van der Waals surface area contributed by atoms with Gasteiger partial charge in [-0.05, 0) is 19.9 Å². The summed E-state index contributed by atoms with van der Waals surface area (Å²) in [7, 11) is 0. The first kappa shape index (κ1) is 18.2. The van der Waals surface area contributed by atoms with Crippen LogP contribution in [0.15, 0.2) is 0 Å². The molecule has 0 aromatic rings. The van der Waals surface area contributed by atoms with Gasteiger partial charge in [-0.3, -0.25) is 0 Å². The van der Waals surface area contributed by atoms with E-state index in [1.165, 1.54) is 6.42 Å². The lowest BCUT2D eigenvalue weighted by atomic mass is 10.4. The van der Waals surface area contributed by atoms with Gasteiger partial charge in [-0.2, -0.15) is 0 Å². The highest BCUT2D eigenvalue weighted by molar-refractivity contribution is 4.54. The first-order valence-electron chi connectivity index (χ1n) is 6.26. The minimum atomic E-state index is 0.250. The summed E-state index contributed by atoms with van der Waals surface area (Å²) in [5, 5.41) is 17.5. The summed E-state index contributed by atoms with van der Waals surface area (Å²) in [6.07, 6.45) is 1.21. The van der Waals surface area contributed by atoms with Gasteiger partial charge in [0, 0.05) is 45.9 Å². The van der Waals surface area contributed by atoms with E-state index in [9.17, 15) is 0 Å². The van der Waals surface area contributed by atoms with Crippen LogP contribution in [0.1, 0.15) is 20.3 Å². The van der Waals surface area contributed by atoms with E-state index in [-0.39, 0.29) is 6.61 Å². The van der Waals surface area contributed by atoms with E-state index in [1.807, 2.05) is 0 Å². The van der Waals surface area contributed by atoms with Gasteiger partial charge in [0.05, 0.1) is 0 Å². The van der Waals surface area contributed by atoms with Crippen molar-refractivity contribution in [2.75, 3.05) is 52.4 Å². The minimum absolute atomic E-state index is 0.250. The standard InChI is InChI=1S/C9H24N4.C2H6O/c1-2-4-11-6-8-13-9-7-12-5-3-10;1-2-3/h11-13H,2-10H2,1H3;3H,2H2,1H3. The smallest absolute Gasteiger partial charge is 0.0402 e. The number of hydrogen-bond acceptors (Lipinski definition) is 5. The molecule has 0 saturated heterocycles. The van der Waals surface area contributed by atoms with Crippen molar-refractivity contribution in [1.82, 2.24) is 16.0 Å². The number of hydrogen-bond donors (Lipinski definition) is 5. The molecule has 0 saturated carbocycles. The maximum atomic E-state index is 7.57. The predicted molar refractivity (Wildman–Crippen MR) is 70.7 cm³/mol. The SMILES string of the molecule is CCCNCCNCCNCCN.CCO. The molecular weight excluding hydrogens is 204 g/mol. The van der Waals surface area contributed by atoms with Crippen molar-refractivity contribution in [3.8, 4) is 0 Å². The minimum Gasteiger partial charge on any atom is -0.397 e. The molecule has 16 heavy (non-hydrogen) atoms. The van der Waals surface area contributed by atoms with Crippen LogP contribution in [0, 0.1) is 0 Å². The van der Waals surface area contributed by atoms with Gasteiger partial charge in [0.1, 0.15) is 0 Å². The van der Waals surface area contributed by atoms with Gasteiger partial charge in [-0.25, -0.2) is 0 Å². The second-order valence-corrected chi connectivity index (χ2v) is 3.35. The fraction of sp³-hybridized carbons (Fsp3) is 1.00. The first-order chi connectivity index (χ1) is 7.83. The van der Waals surface area contributed by atoms with Gasteiger partial charge < -0.3 is 26.8 Å². The number of rotatable bonds is 10. The molecule has 5 nitrogen and oxygen atoms in total. The van der Waals surface area contributed by atoms with Crippen LogP contribution >= 0.6 is 0 Å². The van der Waals surface area contributed by atoms with E-state index < -0.39 is 0 Å². The van der Waals surface area contributed by atoms with Gasteiger partial charge >= 0.3 is 0 Å². The Hall–Kier alpha value is -0.200. The average molecular weight is 234 g/mol. The summed E-state index contributed by atoms with van der Waals surface area (Å²) in [6, 6.07) is 0. The monoisotopic (exact) mass is 234 g/mol. The Morgan fingerprint density at radius 1 is 0.812 bits per heavy atom. The molecule has 0 aliphatic carbocycles. The Morgan fingerprint density at radius 3 is 1.56 bits per heavy atom. The Labute approximate surface area is 100 Å². The van der Waals surface area contributed by atoms with Gasteiger partial charge in [-0.15, -0.1) is 0 Å². The summed E-state index contributed by atoms with van der Waals surface area (Å²) < 4.78 is 0. The molecule has 0 heterocycles. The van der Waals surface area contributed by atoms with Crippen LogP contribution in [-0.4, -0.2) is 57.5 Å². The molecule has 5 heteroatoms. The molecule has 0 bridgehead atoms. The normalized spacial score (nSPS) is 9.75.